The maximum atomic E-state index is 12.8. The fraction of sp³-hybridized carbons (Fsp3) is 0.969. The van der Waals surface area contributed by atoms with Gasteiger partial charge in [-0.3, -0.25) is 9.35 Å². The molecule has 4 rings (SSSR count). The summed E-state index contributed by atoms with van der Waals surface area (Å²) in [5.41, 5.74) is 0. The van der Waals surface area contributed by atoms with Crippen LogP contribution in [0.2, 0.25) is 0 Å². The van der Waals surface area contributed by atoms with Gasteiger partial charge in [0.1, 0.15) is 116 Å². The lowest BCUT2D eigenvalue weighted by molar-refractivity contribution is -0.387. The van der Waals surface area contributed by atoms with E-state index < -0.39 is 197 Å². The van der Waals surface area contributed by atoms with Crippen molar-refractivity contribution >= 4 is 16.3 Å². The van der Waals surface area contributed by atoms with Gasteiger partial charge in [-0.1, -0.05) is 0 Å². The van der Waals surface area contributed by atoms with Crippen molar-refractivity contribution in [1.82, 2.24) is 5.32 Å². The minimum Gasteiger partial charge on any atom is -0.394 e. The van der Waals surface area contributed by atoms with Gasteiger partial charge in [-0.25, -0.2) is 4.18 Å². The largest absolute Gasteiger partial charge is 0.397 e. The summed E-state index contributed by atoms with van der Waals surface area (Å²) in [6.45, 7) is -3.38. The van der Waals surface area contributed by atoms with Crippen LogP contribution in [0.25, 0.3) is 0 Å². The molecule has 29 nitrogen and oxygen atoms in total. The summed E-state index contributed by atoms with van der Waals surface area (Å²) >= 11 is 0. The van der Waals surface area contributed by atoms with Gasteiger partial charge in [-0.05, 0) is 6.92 Å². The number of hydrogen-bond acceptors (Lipinski definition) is 27. The number of rotatable bonds is 19. The van der Waals surface area contributed by atoms with Crippen molar-refractivity contribution in [3.8, 4) is 0 Å². The highest BCUT2D eigenvalue weighted by Gasteiger charge is 2.57. The van der Waals surface area contributed by atoms with Crippen LogP contribution in [0, 0.1) is 0 Å². The van der Waals surface area contributed by atoms with Crippen LogP contribution >= 0.6 is 0 Å². The fourth-order valence-corrected chi connectivity index (χ4v) is 7.41. The predicted molar refractivity (Wildman–Crippen MR) is 189 cm³/mol. The van der Waals surface area contributed by atoms with Crippen molar-refractivity contribution < 1.29 is 136 Å². The second-order valence-electron chi connectivity index (χ2n) is 15.0. The molecule has 24 atom stereocenters. The first-order chi connectivity index (χ1) is 29.0. The Bertz CT molecular complexity index is 1500. The smallest absolute Gasteiger partial charge is 0.394 e. The highest BCUT2D eigenvalue weighted by molar-refractivity contribution is 7.80. The molecule has 0 aromatic rings. The van der Waals surface area contributed by atoms with Crippen molar-refractivity contribution in [3.05, 3.63) is 0 Å². The second kappa shape index (κ2) is 22.7. The SMILES string of the molecule is CC(=O)N[C@H]1[C@H](O[C@H]2[C@@H](O)[C@@H](CO)O[C@@H](O[C@@H]([C@H](O)[C@@H](O)CO)[C@H](O)CO)[C@@H]2O)O[C@H](COS(=O)(=O)O)[C@@H](O[C@@H]2O[C@H](CO)[C@H](O)[C@H](O)[C@H]2O)[C@@H]1O[C@@H]1O[C@@H](C)[C@@H](O)[C@@H](O)[C@@H]1O. The van der Waals surface area contributed by atoms with Gasteiger partial charge >= 0.3 is 10.4 Å². The number of hydrogen-bond donors (Lipinski definition) is 17. The molecular formula is C32H57NO28S. The number of aliphatic hydroxyl groups excluding tert-OH is 15. The van der Waals surface area contributed by atoms with E-state index in [1.165, 1.54) is 6.92 Å². The van der Waals surface area contributed by atoms with Gasteiger partial charge in [-0.2, -0.15) is 8.42 Å². The highest BCUT2D eigenvalue weighted by atomic mass is 32.3. The summed E-state index contributed by atoms with van der Waals surface area (Å²) < 4.78 is 83.5. The Kier molecular flexibility index (Phi) is 19.5. The predicted octanol–water partition coefficient (Wildman–Crippen LogP) is -11.3. The average Bonchev–Trinajstić information content (AvgIpc) is 3.22. The van der Waals surface area contributed by atoms with Crippen LogP contribution < -0.4 is 5.32 Å². The van der Waals surface area contributed by atoms with Crippen LogP contribution in [0.15, 0.2) is 0 Å². The Labute approximate surface area is 352 Å². The molecule has 364 valence electrons. The van der Waals surface area contributed by atoms with E-state index in [1.54, 1.807) is 0 Å². The van der Waals surface area contributed by atoms with Crippen molar-refractivity contribution in [1.29, 1.82) is 0 Å². The quantitative estimate of drug-likeness (QED) is 0.0535. The molecule has 4 fully saturated rings. The number of aliphatic hydroxyl groups is 15. The molecule has 30 heteroatoms. The molecule has 4 aliphatic heterocycles. The molecule has 0 radical (unpaired) electrons. The molecule has 0 unspecified atom stereocenters. The van der Waals surface area contributed by atoms with E-state index in [2.05, 4.69) is 9.50 Å². The topological polar surface area (TPSA) is 470 Å². The van der Waals surface area contributed by atoms with Crippen LogP contribution in [-0.2, 0) is 57.3 Å². The van der Waals surface area contributed by atoms with E-state index in [9.17, 15) is 94.4 Å². The Hall–Kier alpha value is -1.58. The molecule has 62 heavy (non-hydrogen) atoms. The van der Waals surface area contributed by atoms with E-state index >= 15 is 0 Å². The van der Waals surface area contributed by atoms with Gasteiger partial charge in [0.05, 0.1) is 39.1 Å². The molecule has 0 saturated carbocycles. The van der Waals surface area contributed by atoms with E-state index in [0.29, 0.717) is 0 Å². The number of carbonyl (C=O) groups is 1. The van der Waals surface area contributed by atoms with Gasteiger partial charge in [0.25, 0.3) is 0 Å². The molecular weight excluding hydrogens is 878 g/mol. The highest BCUT2D eigenvalue weighted by Crippen LogP contribution is 2.36. The lowest BCUT2D eigenvalue weighted by atomic mass is 9.93. The number of amides is 1. The first-order valence-electron chi connectivity index (χ1n) is 19.0. The van der Waals surface area contributed by atoms with Gasteiger partial charge < -0.3 is 120 Å². The monoisotopic (exact) mass is 935 g/mol. The third kappa shape index (κ3) is 12.4. The summed E-state index contributed by atoms with van der Waals surface area (Å²) in [6, 6.07) is -1.93. The van der Waals surface area contributed by atoms with Gasteiger partial charge in [0, 0.05) is 6.92 Å². The Morgan fingerprint density at radius 1 is 0.613 bits per heavy atom. The van der Waals surface area contributed by atoms with Crippen LogP contribution in [0.3, 0.4) is 0 Å². The van der Waals surface area contributed by atoms with Gasteiger partial charge in [0.2, 0.25) is 5.91 Å². The Morgan fingerprint density at radius 2 is 1.11 bits per heavy atom. The minimum absolute atomic E-state index is 0.936. The standard InChI is InChI=1S/C32H57NO28S/c1-8-16(41)20(45)22(47)30(54-8)60-27-15(33-9(2)38)29(57-14(7-53-62(50,51)52)26(27)59-31-23(48)21(46)18(43)12(5-36)55-31)61-28-19(44)13(6-37)56-32(24(28)49)58-25(11(40)4-35)17(42)10(39)3-34/h8,10-32,34-37,39-49H,3-7H2,1-2H3,(H,33,38)(H,50,51,52)/t8-,10-,11+,12+,13+,14+,15+,16+,17+,18-,19-,20+,21-,22-,23+,24+,25+,26+,27+,28-,29-,30-,31-,32-/m0/s1. The normalized spacial score (nSPS) is 44.0. The fourth-order valence-electron chi connectivity index (χ4n) is 7.10. The summed E-state index contributed by atoms with van der Waals surface area (Å²) in [5.74, 6) is -0.950. The van der Waals surface area contributed by atoms with E-state index in [-0.39, 0.29) is 0 Å². The molecule has 0 bridgehead atoms. The second-order valence-corrected chi connectivity index (χ2v) is 16.1. The van der Waals surface area contributed by atoms with Crippen LogP contribution in [-0.4, -0.2) is 276 Å². The molecule has 0 aliphatic carbocycles. The van der Waals surface area contributed by atoms with Crippen molar-refractivity contribution in [3.63, 3.8) is 0 Å². The Balaban J connectivity index is 1.82. The molecule has 4 saturated heterocycles. The molecule has 1 amide bonds. The lowest BCUT2D eigenvalue weighted by Gasteiger charge is -2.51. The van der Waals surface area contributed by atoms with Crippen molar-refractivity contribution in [2.45, 2.75) is 161 Å². The zero-order chi connectivity index (χ0) is 46.5. The molecule has 4 heterocycles. The number of carbonyl (C=O) groups excluding carboxylic acids is 1. The van der Waals surface area contributed by atoms with Crippen LogP contribution in [0.5, 0.6) is 0 Å². The summed E-state index contributed by atoms with van der Waals surface area (Å²) in [6.07, 6.45) is -46.1. The van der Waals surface area contributed by atoms with E-state index in [0.717, 1.165) is 6.92 Å². The first-order valence-corrected chi connectivity index (χ1v) is 20.4. The lowest BCUT2D eigenvalue weighted by Crippen LogP contribution is -2.71. The van der Waals surface area contributed by atoms with Crippen molar-refractivity contribution in [2.75, 3.05) is 33.0 Å². The third-order valence-electron chi connectivity index (χ3n) is 10.5. The Morgan fingerprint density at radius 3 is 1.66 bits per heavy atom. The van der Waals surface area contributed by atoms with E-state index in [1.807, 2.05) is 0 Å². The molecule has 0 spiro atoms. The maximum absolute atomic E-state index is 12.8. The third-order valence-corrected chi connectivity index (χ3v) is 11.0. The summed E-state index contributed by atoms with van der Waals surface area (Å²) in [5, 5.41) is 158. The zero-order valence-corrected chi connectivity index (χ0v) is 33.7. The van der Waals surface area contributed by atoms with Gasteiger partial charge in [0.15, 0.2) is 25.2 Å². The summed E-state index contributed by atoms with van der Waals surface area (Å²) in [4.78, 5) is 12.8. The molecule has 4 aliphatic rings. The maximum Gasteiger partial charge on any atom is 0.397 e. The van der Waals surface area contributed by atoms with Crippen LogP contribution in [0.1, 0.15) is 13.8 Å². The van der Waals surface area contributed by atoms with E-state index in [4.69, 9.17) is 37.9 Å². The summed E-state index contributed by atoms with van der Waals surface area (Å²) in [7, 11) is -5.37. The first kappa shape index (κ1) is 53.0. The molecule has 0 aromatic heterocycles. The van der Waals surface area contributed by atoms with Crippen molar-refractivity contribution in [2.24, 2.45) is 0 Å². The zero-order valence-electron chi connectivity index (χ0n) is 32.9. The van der Waals surface area contributed by atoms with Gasteiger partial charge in [-0.15, -0.1) is 0 Å². The molecule has 17 N–H and O–H groups in total. The number of nitrogens with one attached hydrogen (secondary N) is 1. The molecule has 0 aromatic carbocycles. The minimum atomic E-state index is -5.37. The average molecular weight is 936 g/mol. The number of ether oxygens (including phenoxy) is 8. The van der Waals surface area contributed by atoms with Crippen LogP contribution in [0.4, 0.5) is 0 Å².